The summed E-state index contributed by atoms with van der Waals surface area (Å²) < 4.78 is 25.6. The van der Waals surface area contributed by atoms with E-state index in [0.717, 1.165) is 33.5 Å². The van der Waals surface area contributed by atoms with E-state index in [-0.39, 0.29) is 11.4 Å². The van der Waals surface area contributed by atoms with Crippen molar-refractivity contribution in [2.24, 2.45) is 0 Å². The Morgan fingerprint density at radius 1 is 1.09 bits per heavy atom. The van der Waals surface area contributed by atoms with Gasteiger partial charge in [0, 0.05) is 35.0 Å². The zero-order chi connectivity index (χ0) is 24.9. The van der Waals surface area contributed by atoms with Gasteiger partial charge >= 0.3 is 6.09 Å². The van der Waals surface area contributed by atoms with Crippen LogP contribution in [0.4, 0.5) is 20.6 Å². The number of anilines is 2. The number of allylic oxidation sites excluding steroid dienone is 1. The van der Waals surface area contributed by atoms with E-state index in [1.54, 1.807) is 13.1 Å². The lowest BCUT2D eigenvalue weighted by Crippen LogP contribution is -2.32. The molecule has 3 aromatic rings. The van der Waals surface area contributed by atoms with Gasteiger partial charge in [0.2, 0.25) is 0 Å². The van der Waals surface area contributed by atoms with Crippen molar-refractivity contribution in [1.82, 2.24) is 0 Å². The second kappa shape index (κ2) is 8.31. The van der Waals surface area contributed by atoms with Crippen molar-refractivity contribution in [2.75, 3.05) is 24.4 Å². The Morgan fingerprint density at radius 3 is 2.63 bits per heavy atom. The van der Waals surface area contributed by atoms with Gasteiger partial charge in [-0.3, -0.25) is 4.90 Å². The predicted octanol–water partition coefficient (Wildman–Crippen LogP) is 7.19. The normalized spacial score (nSPS) is 16.2. The maximum atomic E-state index is 14.3. The summed E-state index contributed by atoms with van der Waals surface area (Å²) in [6.45, 7) is 6.32. The Kier molecular flexibility index (Phi) is 5.39. The molecule has 2 aliphatic rings. The molecular weight excluding hydrogens is 443 g/mol. The smallest absolute Gasteiger partial charge is 0.413 e. The number of nitrogens with zero attached hydrogens (tertiary/aromatic N) is 1. The summed E-state index contributed by atoms with van der Waals surface area (Å²) in [7, 11) is 3.02. The average Bonchev–Trinajstić information content (AvgIpc) is 2.82. The summed E-state index contributed by atoms with van der Waals surface area (Å²) >= 11 is 0. The third-order valence-electron chi connectivity index (χ3n) is 6.37. The van der Waals surface area contributed by atoms with Crippen LogP contribution in [0.2, 0.25) is 0 Å². The van der Waals surface area contributed by atoms with Crippen molar-refractivity contribution < 1.29 is 18.7 Å². The summed E-state index contributed by atoms with van der Waals surface area (Å²) in [4.78, 5) is 13.7. The van der Waals surface area contributed by atoms with Crippen LogP contribution < -0.4 is 15.0 Å². The number of halogens is 1. The molecule has 6 heteroatoms. The highest BCUT2D eigenvalue weighted by atomic mass is 19.1. The lowest BCUT2D eigenvalue weighted by Gasteiger charge is -2.35. The molecule has 2 heterocycles. The number of hydrogen-bond donors (Lipinski definition) is 1. The van der Waals surface area contributed by atoms with Gasteiger partial charge in [0.05, 0.1) is 18.3 Å². The van der Waals surface area contributed by atoms with Gasteiger partial charge < -0.3 is 14.8 Å². The van der Waals surface area contributed by atoms with Gasteiger partial charge in [0.25, 0.3) is 0 Å². The molecule has 5 nitrogen and oxygen atoms in total. The molecule has 0 unspecified atom stereocenters. The second-order valence-corrected chi connectivity index (χ2v) is 9.42. The molecule has 0 spiro atoms. The molecule has 0 radical (unpaired) electrons. The Hall–Kier alpha value is -4.06. The molecule has 178 valence electrons. The lowest BCUT2D eigenvalue weighted by molar-refractivity contribution is 0.180. The van der Waals surface area contributed by atoms with Crippen LogP contribution in [0, 0.1) is 5.82 Å². The minimum absolute atomic E-state index is 0.204. The van der Waals surface area contributed by atoms with Crippen LogP contribution in [0.1, 0.15) is 37.5 Å². The number of amides is 1. The van der Waals surface area contributed by atoms with Gasteiger partial charge in [0.1, 0.15) is 17.3 Å². The Balaban J connectivity index is 1.77. The molecule has 5 rings (SSSR count). The van der Waals surface area contributed by atoms with E-state index in [4.69, 9.17) is 9.47 Å². The first-order chi connectivity index (χ1) is 16.7. The molecule has 0 saturated heterocycles. The molecule has 1 amide bonds. The Labute approximate surface area is 204 Å². The molecule has 35 heavy (non-hydrogen) atoms. The molecule has 3 aromatic carbocycles. The van der Waals surface area contributed by atoms with Crippen molar-refractivity contribution in [1.29, 1.82) is 0 Å². The third-order valence-corrected chi connectivity index (χ3v) is 6.37. The zero-order valence-electron chi connectivity index (χ0n) is 20.4. The molecule has 0 fully saturated rings. The van der Waals surface area contributed by atoms with Crippen molar-refractivity contribution in [3.63, 3.8) is 0 Å². The fourth-order valence-electron chi connectivity index (χ4n) is 4.96. The van der Waals surface area contributed by atoms with Crippen molar-refractivity contribution >= 4 is 34.9 Å². The predicted molar refractivity (Wildman–Crippen MR) is 139 cm³/mol. The van der Waals surface area contributed by atoms with Crippen LogP contribution in [-0.2, 0) is 4.74 Å². The number of ether oxygens (including phenoxy) is 2. The summed E-state index contributed by atoms with van der Waals surface area (Å²) in [6, 6.07) is 16.2. The monoisotopic (exact) mass is 470 g/mol. The number of para-hydroxylation sites is 1. The highest BCUT2D eigenvalue weighted by Crippen LogP contribution is 2.49. The van der Waals surface area contributed by atoms with Gasteiger partial charge in [-0.15, -0.1) is 0 Å². The van der Waals surface area contributed by atoms with Crippen LogP contribution in [0.25, 0.3) is 28.5 Å². The maximum absolute atomic E-state index is 14.3. The number of fused-ring (bicyclic) bond motifs is 5. The molecule has 0 aliphatic carbocycles. The van der Waals surface area contributed by atoms with Crippen LogP contribution in [-0.4, -0.2) is 25.8 Å². The van der Waals surface area contributed by atoms with Crippen molar-refractivity contribution in [3.8, 4) is 16.9 Å². The van der Waals surface area contributed by atoms with E-state index in [1.807, 2.05) is 42.5 Å². The molecule has 0 bridgehead atoms. The fourth-order valence-corrected chi connectivity index (χ4v) is 4.96. The largest absolute Gasteiger partial charge is 0.456 e. The topological polar surface area (TPSA) is 50.8 Å². The maximum Gasteiger partial charge on any atom is 0.413 e. The van der Waals surface area contributed by atoms with Crippen molar-refractivity contribution in [3.05, 3.63) is 83.2 Å². The van der Waals surface area contributed by atoms with E-state index in [2.05, 4.69) is 32.2 Å². The molecular formula is C29H27FN2O3. The lowest BCUT2D eigenvalue weighted by atomic mass is 9.83. The Morgan fingerprint density at radius 2 is 1.86 bits per heavy atom. The third kappa shape index (κ3) is 3.95. The van der Waals surface area contributed by atoms with Gasteiger partial charge in [-0.25, -0.2) is 9.18 Å². The number of carbonyl (C=O) groups excluding carboxylic acids is 1. The van der Waals surface area contributed by atoms with Gasteiger partial charge in [-0.2, -0.15) is 0 Å². The number of methoxy groups -OCH3 is 1. The van der Waals surface area contributed by atoms with Gasteiger partial charge in [-0.05, 0) is 68.3 Å². The minimum atomic E-state index is -0.468. The minimum Gasteiger partial charge on any atom is -0.456 e. The second-order valence-electron chi connectivity index (χ2n) is 9.42. The van der Waals surface area contributed by atoms with Crippen molar-refractivity contribution in [2.45, 2.75) is 26.3 Å². The summed E-state index contributed by atoms with van der Waals surface area (Å²) in [5, 5.41) is 3.59. The highest BCUT2D eigenvalue weighted by Gasteiger charge is 2.31. The molecule has 1 N–H and O–H groups in total. The van der Waals surface area contributed by atoms with Crippen LogP contribution in [0.5, 0.6) is 5.75 Å². The van der Waals surface area contributed by atoms with Crippen LogP contribution in [0.3, 0.4) is 0 Å². The summed E-state index contributed by atoms with van der Waals surface area (Å²) in [5.74, 6) is 0.880. The number of hydrogen-bond acceptors (Lipinski definition) is 4. The Bertz CT molecular complexity index is 1420. The number of benzene rings is 3. The quantitative estimate of drug-likeness (QED) is 0.431. The van der Waals surface area contributed by atoms with E-state index >= 15 is 0 Å². The van der Waals surface area contributed by atoms with Crippen LogP contribution in [0.15, 0.2) is 60.7 Å². The fraction of sp³-hybridized carbons (Fsp3) is 0.207. The SMILES string of the molecule is COC(=O)N(C)c1ccccc1/C=C1\Oc2ccc(F)cc2-c2ccc3c(c21)C(C)=CC(C)(C)N3. The molecule has 0 saturated carbocycles. The number of rotatable bonds is 2. The first kappa shape index (κ1) is 22.7. The first-order valence-electron chi connectivity index (χ1n) is 11.4. The summed E-state index contributed by atoms with van der Waals surface area (Å²) in [5.41, 5.74) is 6.85. The van der Waals surface area contributed by atoms with Gasteiger partial charge in [0.15, 0.2) is 0 Å². The highest BCUT2D eigenvalue weighted by molar-refractivity contribution is 6.02. The van der Waals surface area contributed by atoms with E-state index in [1.165, 1.54) is 24.1 Å². The number of nitrogens with one attached hydrogen (secondary N) is 1. The van der Waals surface area contributed by atoms with Crippen LogP contribution >= 0.6 is 0 Å². The molecule has 0 atom stereocenters. The average molecular weight is 471 g/mol. The van der Waals surface area contributed by atoms with Gasteiger partial charge in [-0.1, -0.05) is 30.3 Å². The standard InChI is InChI=1S/C29H27FN2O3/c1-17-16-29(2,3)31-22-12-11-20-21-15-19(30)10-13-24(21)35-25(27(20)26(17)22)14-18-8-6-7-9-23(18)32(4)28(33)34-5/h6-16,31H,1-5H3/b25-14-. The summed E-state index contributed by atoms with van der Waals surface area (Å²) in [6.07, 6.45) is 3.64. The molecule has 2 aliphatic heterocycles. The van der Waals surface area contributed by atoms with E-state index in [9.17, 15) is 9.18 Å². The van der Waals surface area contributed by atoms with E-state index < -0.39 is 6.09 Å². The molecule has 0 aromatic heterocycles. The number of carbonyl (C=O) groups is 1. The zero-order valence-corrected chi connectivity index (χ0v) is 20.4. The van der Waals surface area contributed by atoms with E-state index in [0.29, 0.717) is 22.8 Å². The first-order valence-corrected chi connectivity index (χ1v) is 11.4.